The summed E-state index contributed by atoms with van der Waals surface area (Å²) in [6.45, 7) is 8.36. The molecule has 2 aliphatic rings. The molecular weight excluding hydrogens is 422 g/mol. The van der Waals surface area contributed by atoms with Crippen LogP contribution in [-0.2, 0) is 24.0 Å². The first-order valence-corrected chi connectivity index (χ1v) is 13.1. The van der Waals surface area contributed by atoms with Crippen LogP contribution < -0.4 is 10.1 Å². The van der Waals surface area contributed by atoms with Crippen molar-refractivity contribution in [3.05, 3.63) is 64.7 Å². The maximum atomic E-state index is 12.8. The molecule has 1 aliphatic carbocycles. The van der Waals surface area contributed by atoms with Crippen LogP contribution in [0.2, 0.25) is 0 Å². The highest BCUT2D eigenvalue weighted by molar-refractivity contribution is 5.94. The Bertz CT molecular complexity index is 939. The van der Waals surface area contributed by atoms with Crippen molar-refractivity contribution in [1.82, 2.24) is 5.32 Å². The number of hydrogen-bond donors (Lipinski definition) is 1. The minimum Gasteiger partial charge on any atom is -0.491 e. The average molecular weight is 464 g/mol. The third-order valence-electron chi connectivity index (χ3n) is 7.05. The molecule has 0 radical (unpaired) electrons. The van der Waals surface area contributed by atoms with Crippen molar-refractivity contribution in [2.75, 3.05) is 13.2 Å². The van der Waals surface area contributed by atoms with E-state index in [0.717, 1.165) is 50.9 Å². The first-order chi connectivity index (χ1) is 16.4. The first kappa shape index (κ1) is 24.8. The lowest BCUT2D eigenvalue weighted by Crippen LogP contribution is -2.38. The number of ether oxygens (including phenoxy) is 2. The van der Waals surface area contributed by atoms with E-state index in [-0.39, 0.29) is 18.1 Å². The SMILES string of the molecule is CC(C)(C)CCCCc1ccc2c(c1)CC[C@H](NC(=O)c1ccc(OC[C@@H]3CCCO3)cc1)C2. The van der Waals surface area contributed by atoms with Crippen LogP contribution in [0.4, 0.5) is 0 Å². The minimum absolute atomic E-state index is 0.00500. The van der Waals surface area contributed by atoms with Crippen molar-refractivity contribution in [3.8, 4) is 5.75 Å². The molecule has 1 heterocycles. The summed E-state index contributed by atoms with van der Waals surface area (Å²) in [4.78, 5) is 12.8. The van der Waals surface area contributed by atoms with E-state index in [1.165, 1.54) is 36.0 Å². The van der Waals surface area contributed by atoms with Crippen molar-refractivity contribution < 1.29 is 14.3 Å². The molecule has 4 nitrogen and oxygen atoms in total. The van der Waals surface area contributed by atoms with Crippen LogP contribution in [0.25, 0.3) is 0 Å². The van der Waals surface area contributed by atoms with Gasteiger partial charge in [-0.2, -0.15) is 0 Å². The third-order valence-corrected chi connectivity index (χ3v) is 7.05. The zero-order valence-electron chi connectivity index (χ0n) is 21.2. The molecule has 0 unspecified atom stereocenters. The molecule has 34 heavy (non-hydrogen) atoms. The van der Waals surface area contributed by atoms with Crippen molar-refractivity contribution in [2.24, 2.45) is 5.41 Å². The van der Waals surface area contributed by atoms with Gasteiger partial charge in [-0.15, -0.1) is 0 Å². The quantitative estimate of drug-likeness (QED) is 0.445. The normalized spacial score (nSPS) is 20.1. The molecule has 1 N–H and O–H groups in total. The summed E-state index contributed by atoms with van der Waals surface area (Å²) in [5, 5.41) is 3.24. The standard InChI is InChI=1S/C30H41NO3/c1-30(2,3)17-5-4-7-22-9-10-25-20-26(14-11-24(25)19-22)31-29(32)23-12-15-27(16-13-23)34-21-28-8-6-18-33-28/h9-10,12-13,15-16,19,26,28H,4-8,11,14,17-18,20-21H2,1-3H3,(H,31,32)/t26-,28-/m0/s1. The molecule has 1 aliphatic heterocycles. The summed E-state index contributed by atoms with van der Waals surface area (Å²) >= 11 is 0. The van der Waals surface area contributed by atoms with Gasteiger partial charge in [0.2, 0.25) is 0 Å². The number of aryl methyl sites for hydroxylation is 2. The lowest BCUT2D eigenvalue weighted by molar-refractivity contribution is 0.0679. The van der Waals surface area contributed by atoms with E-state index in [4.69, 9.17) is 9.47 Å². The second-order valence-corrected chi connectivity index (χ2v) is 11.3. The number of rotatable bonds is 9. The second-order valence-electron chi connectivity index (χ2n) is 11.3. The molecule has 0 saturated carbocycles. The van der Waals surface area contributed by atoms with Gasteiger partial charge < -0.3 is 14.8 Å². The van der Waals surface area contributed by atoms with Gasteiger partial charge in [0.25, 0.3) is 5.91 Å². The predicted octanol–water partition coefficient (Wildman–Crippen LogP) is 6.29. The number of unbranched alkanes of at least 4 members (excludes halogenated alkanes) is 1. The molecule has 0 bridgehead atoms. The number of amides is 1. The van der Waals surface area contributed by atoms with Gasteiger partial charge in [-0.1, -0.05) is 45.4 Å². The Labute approximate surface area is 205 Å². The van der Waals surface area contributed by atoms with E-state index in [1.807, 2.05) is 24.3 Å². The van der Waals surface area contributed by atoms with Crippen molar-refractivity contribution in [2.45, 2.75) is 90.7 Å². The zero-order valence-corrected chi connectivity index (χ0v) is 21.2. The van der Waals surface area contributed by atoms with E-state index in [1.54, 1.807) is 0 Å². The fraction of sp³-hybridized carbons (Fsp3) is 0.567. The van der Waals surface area contributed by atoms with Crippen molar-refractivity contribution in [1.29, 1.82) is 0 Å². The van der Waals surface area contributed by atoms with Crippen LogP contribution in [0.15, 0.2) is 42.5 Å². The van der Waals surface area contributed by atoms with Crippen LogP contribution in [0.3, 0.4) is 0 Å². The Morgan fingerprint density at radius 2 is 1.88 bits per heavy atom. The minimum atomic E-state index is -0.00500. The van der Waals surface area contributed by atoms with Crippen LogP contribution in [-0.4, -0.2) is 31.3 Å². The number of carbonyl (C=O) groups is 1. The number of hydrogen-bond acceptors (Lipinski definition) is 3. The Morgan fingerprint density at radius 1 is 1.06 bits per heavy atom. The molecule has 184 valence electrons. The maximum Gasteiger partial charge on any atom is 0.251 e. The van der Waals surface area contributed by atoms with Gasteiger partial charge >= 0.3 is 0 Å². The smallest absolute Gasteiger partial charge is 0.251 e. The number of benzene rings is 2. The summed E-state index contributed by atoms with van der Waals surface area (Å²) in [6.07, 6.45) is 10.3. The maximum absolute atomic E-state index is 12.8. The molecule has 0 spiro atoms. The van der Waals surface area contributed by atoms with Crippen LogP contribution in [0.1, 0.15) is 86.3 Å². The highest BCUT2D eigenvalue weighted by Crippen LogP contribution is 2.26. The van der Waals surface area contributed by atoms with Gasteiger partial charge in [0.1, 0.15) is 12.4 Å². The van der Waals surface area contributed by atoms with E-state index in [2.05, 4.69) is 44.3 Å². The molecule has 2 aromatic rings. The lowest BCUT2D eigenvalue weighted by Gasteiger charge is -2.26. The molecule has 2 atom stereocenters. The molecule has 4 heteroatoms. The van der Waals surface area contributed by atoms with Crippen LogP contribution in [0, 0.1) is 5.41 Å². The van der Waals surface area contributed by atoms with Gasteiger partial charge in [-0.05, 0) is 97.7 Å². The monoisotopic (exact) mass is 463 g/mol. The van der Waals surface area contributed by atoms with Gasteiger partial charge in [-0.25, -0.2) is 0 Å². The van der Waals surface area contributed by atoms with Crippen LogP contribution in [0.5, 0.6) is 5.75 Å². The van der Waals surface area contributed by atoms with Gasteiger partial charge in [-0.3, -0.25) is 4.79 Å². The highest BCUT2D eigenvalue weighted by atomic mass is 16.5. The van der Waals surface area contributed by atoms with Crippen LogP contribution >= 0.6 is 0 Å². The summed E-state index contributed by atoms with van der Waals surface area (Å²) < 4.78 is 11.4. The van der Waals surface area contributed by atoms with Crippen molar-refractivity contribution >= 4 is 5.91 Å². The number of carbonyl (C=O) groups excluding carboxylic acids is 1. The fourth-order valence-electron chi connectivity index (χ4n) is 5.01. The molecule has 0 aromatic heterocycles. The Morgan fingerprint density at radius 3 is 2.62 bits per heavy atom. The van der Waals surface area contributed by atoms with Gasteiger partial charge in [0.15, 0.2) is 0 Å². The molecule has 4 rings (SSSR count). The zero-order chi connectivity index (χ0) is 24.0. The largest absolute Gasteiger partial charge is 0.491 e. The third kappa shape index (κ3) is 7.33. The Hall–Kier alpha value is -2.33. The fourth-order valence-corrected chi connectivity index (χ4v) is 5.01. The number of fused-ring (bicyclic) bond motifs is 1. The summed E-state index contributed by atoms with van der Waals surface area (Å²) in [6, 6.07) is 14.6. The predicted molar refractivity (Wildman–Crippen MR) is 138 cm³/mol. The Balaban J connectivity index is 1.23. The molecule has 1 saturated heterocycles. The van der Waals surface area contributed by atoms with Gasteiger partial charge in [0.05, 0.1) is 6.10 Å². The molecule has 2 aromatic carbocycles. The van der Waals surface area contributed by atoms with E-state index >= 15 is 0 Å². The second kappa shape index (κ2) is 11.4. The Kier molecular flexibility index (Phi) is 8.31. The van der Waals surface area contributed by atoms with Crippen molar-refractivity contribution in [3.63, 3.8) is 0 Å². The van der Waals surface area contributed by atoms with Gasteiger partial charge in [0, 0.05) is 18.2 Å². The summed E-state index contributed by atoms with van der Waals surface area (Å²) in [5.41, 5.74) is 5.41. The molecule has 1 amide bonds. The van der Waals surface area contributed by atoms with E-state index < -0.39 is 0 Å². The topological polar surface area (TPSA) is 47.6 Å². The van der Waals surface area contributed by atoms with E-state index in [0.29, 0.717) is 17.6 Å². The lowest BCUT2D eigenvalue weighted by atomic mass is 9.86. The molecular formula is C30H41NO3. The van der Waals surface area contributed by atoms with E-state index in [9.17, 15) is 4.79 Å². The summed E-state index contributed by atoms with van der Waals surface area (Å²) in [7, 11) is 0. The average Bonchev–Trinajstić information content (AvgIpc) is 3.34. The highest BCUT2D eigenvalue weighted by Gasteiger charge is 2.21. The summed E-state index contributed by atoms with van der Waals surface area (Å²) in [5.74, 6) is 0.780. The molecule has 1 fully saturated rings. The first-order valence-electron chi connectivity index (χ1n) is 13.1. The number of nitrogens with one attached hydrogen (secondary N) is 1.